The Morgan fingerprint density at radius 1 is 0.540 bits per heavy atom. The Morgan fingerprint density at radius 2 is 0.841 bits per heavy atom. The highest BCUT2D eigenvalue weighted by Crippen LogP contribution is 2.44. The third-order valence-corrected chi connectivity index (χ3v) is 12.0. The SMILES string of the molecule is COC(=O)COc1c2cc(C(C)(C)C)cc1Cc1cc(C(C)(C)C)cc3c1OCC(=O)NCCNC(=O)COc1c(cc(C(C)(C)C)cc1C2)Cc1cc(C(C)(C)C)cc(c1O)C3. The number of esters is 1. The topological polar surface area (TPSA) is 132 Å². The first kappa shape index (κ1) is 47.0. The van der Waals surface area contributed by atoms with E-state index in [9.17, 15) is 19.5 Å². The molecule has 1 aliphatic heterocycles. The first-order valence-electron chi connectivity index (χ1n) is 22.1. The maximum absolute atomic E-state index is 13.5. The van der Waals surface area contributed by atoms with Crippen LogP contribution < -0.4 is 24.8 Å². The Bertz CT molecular complexity index is 2260. The van der Waals surface area contributed by atoms with Crippen LogP contribution in [-0.2, 0) is 66.5 Å². The molecule has 0 fully saturated rings. The van der Waals surface area contributed by atoms with Gasteiger partial charge in [-0.25, -0.2) is 4.79 Å². The standard InChI is InChI=1S/C53H68N2O8/c1-50(2,3)39-20-31-16-33-22-40(51(4,5)6)24-35-18-37-26-42(53(10,11)12)27-38(49(37)63-30-45(58)60-13)19-36-25-41(52(7,8)9)23-34(17-32(21-39)46(31)59)48(36)62-29-44(57)55-15-14-54-43(56)28-61-47(33)35/h20-27,59H,14-19,28-30H2,1-13H3,(H,54,56)(H,55,57). The van der Waals surface area contributed by atoms with Gasteiger partial charge in [-0.3, -0.25) is 9.59 Å². The van der Waals surface area contributed by atoms with E-state index in [-0.39, 0.29) is 72.1 Å². The fraction of sp³-hybridized carbons (Fsp3) is 0.491. The molecule has 2 amide bonds. The summed E-state index contributed by atoms with van der Waals surface area (Å²) < 4.78 is 24.9. The van der Waals surface area contributed by atoms with Gasteiger partial charge in [0.25, 0.3) is 11.8 Å². The predicted octanol–water partition coefficient (Wildman–Crippen LogP) is 8.81. The molecule has 0 saturated heterocycles. The van der Waals surface area contributed by atoms with E-state index in [1.165, 1.54) is 7.11 Å². The Balaban J connectivity index is 1.81. The summed E-state index contributed by atoms with van der Waals surface area (Å²) in [5.41, 5.74) is 9.48. The lowest BCUT2D eigenvalue weighted by Crippen LogP contribution is -2.38. The number of methoxy groups -OCH3 is 1. The van der Waals surface area contributed by atoms with Crippen LogP contribution in [0.15, 0.2) is 48.5 Å². The van der Waals surface area contributed by atoms with Crippen molar-refractivity contribution in [1.82, 2.24) is 10.6 Å². The van der Waals surface area contributed by atoms with Crippen molar-refractivity contribution in [2.24, 2.45) is 0 Å². The summed E-state index contributed by atoms with van der Waals surface area (Å²) in [5, 5.41) is 18.3. The van der Waals surface area contributed by atoms with Gasteiger partial charge in [0.15, 0.2) is 19.8 Å². The molecule has 4 aromatic carbocycles. The van der Waals surface area contributed by atoms with Crippen LogP contribution in [0.1, 0.15) is 150 Å². The molecule has 63 heavy (non-hydrogen) atoms. The average Bonchev–Trinajstić information content (AvgIpc) is 3.17. The maximum Gasteiger partial charge on any atom is 0.343 e. The normalized spacial score (nSPS) is 15.3. The monoisotopic (exact) mass is 860 g/mol. The first-order chi connectivity index (χ1) is 29.3. The number of hydrogen-bond donors (Lipinski definition) is 3. The number of fused-ring (bicyclic) bond motifs is 2. The molecule has 0 atom stereocenters. The minimum absolute atomic E-state index is 0.171. The van der Waals surface area contributed by atoms with Crippen LogP contribution in [0.3, 0.4) is 0 Å². The van der Waals surface area contributed by atoms with E-state index < -0.39 is 5.97 Å². The smallest absolute Gasteiger partial charge is 0.343 e. The number of carbonyl (C=O) groups excluding carboxylic acids is 3. The lowest BCUT2D eigenvalue weighted by molar-refractivity contribution is -0.143. The van der Waals surface area contributed by atoms with Crippen LogP contribution in [0, 0.1) is 0 Å². The minimum atomic E-state index is -0.519. The van der Waals surface area contributed by atoms with Crippen molar-refractivity contribution in [2.45, 2.75) is 130 Å². The molecule has 3 N–H and O–H groups in total. The van der Waals surface area contributed by atoms with Crippen molar-refractivity contribution in [2.75, 3.05) is 40.0 Å². The molecule has 2 aliphatic rings. The summed E-state index contributed by atoms with van der Waals surface area (Å²) in [6, 6.07) is 17.0. The summed E-state index contributed by atoms with van der Waals surface area (Å²) >= 11 is 0. The zero-order valence-electron chi connectivity index (χ0n) is 39.8. The van der Waals surface area contributed by atoms with Crippen molar-refractivity contribution in [3.63, 3.8) is 0 Å². The predicted molar refractivity (Wildman–Crippen MR) is 248 cm³/mol. The van der Waals surface area contributed by atoms with E-state index >= 15 is 0 Å². The number of carbonyl (C=O) groups is 3. The van der Waals surface area contributed by atoms with Gasteiger partial charge in [-0.15, -0.1) is 0 Å². The van der Waals surface area contributed by atoms with Crippen LogP contribution in [0.25, 0.3) is 0 Å². The number of ether oxygens (including phenoxy) is 4. The van der Waals surface area contributed by atoms with Crippen LogP contribution in [0.5, 0.6) is 23.0 Å². The molecule has 1 aliphatic carbocycles. The van der Waals surface area contributed by atoms with E-state index in [4.69, 9.17) is 18.9 Å². The lowest BCUT2D eigenvalue weighted by atomic mass is 9.79. The van der Waals surface area contributed by atoms with Crippen LogP contribution in [-0.4, -0.2) is 62.9 Å². The highest BCUT2D eigenvalue weighted by atomic mass is 16.6. The van der Waals surface area contributed by atoms with Gasteiger partial charge in [0.1, 0.15) is 23.0 Å². The van der Waals surface area contributed by atoms with E-state index in [1.54, 1.807) is 0 Å². The van der Waals surface area contributed by atoms with Crippen molar-refractivity contribution >= 4 is 17.8 Å². The van der Waals surface area contributed by atoms with Gasteiger partial charge in [-0.2, -0.15) is 0 Å². The van der Waals surface area contributed by atoms with Crippen LogP contribution >= 0.6 is 0 Å². The van der Waals surface area contributed by atoms with Crippen molar-refractivity contribution in [3.05, 3.63) is 115 Å². The summed E-state index contributed by atoms with van der Waals surface area (Å²) in [5.74, 6) is 0.569. The molecule has 338 valence electrons. The van der Waals surface area contributed by atoms with E-state index in [1.807, 2.05) is 0 Å². The molecular formula is C53H68N2O8. The molecule has 1 heterocycles. The second-order valence-corrected chi connectivity index (χ2v) is 21.4. The van der Waals surface area contributed by atoms with Gasteiger partial charge in [0, 0.05) is 38.8 Å². The number of hydrogen-bond acceptors (Lipinski definition) is 8. The van der Waals surface area contributed by atoms with Crippen LogP contribution in [0.2, 0.25) is 0 Å². The molecule has 0 aromatic heterocycles. The Labute approximate surface area is 374 Å². The number of phenolic OH excluding ortho intramolecular Hbond substituents is 1. The summed E-state index contributed by atoms with van der Waals surface area (Å²) in [6.07, 6.45) is 1.28. The van der Waals surface area contributed by atoms with E-state index in [2.05, 4.69) is 142 Å². The molecular weight excluding hydrogens is 793 g/mol. The molecule has 10 heteroatoms. The molecule has 0 radical (unpaired) electrons. The molecule has 10 nitrogen and oxygen atoms in total. The van der Waals surface area contributed by atoms with Gasteiger partial charge >= 0.3 is 5.97 Å². The Hall–Kier alpha value is -5.51. The lowest BCUT2D eigenvalue weighted by Gasteiger charge is -2.28. The Kier molecular flexibility index (Phi) is 13.4. The molecule has 0 saturated carbocycles. The van der Waals surface area contributed by atoms with E-state index in [0.717, 1.165) is 66.8 Å². The van der Waals surface area contributed by atoms with Gasteiger partial charge in [0.2, 0.25) is 0 Å². The van der Waals surface area contributed by atoms with Gasteiger partial charge in [-0.1, -0.05) is 132 Å². The molecule has 0 spiro atoms. The number of nitrogens with one attached hydrogen (secondary N) is 2. The quantitative estimate of drug-likeness (QED) is 0.154. The van der Waals surface area contributed by atoms with Gasteiger partial charge < -0.3 is 34.7 Å². The molecule has 6 rings (SSSR count). The van der Waals surface area contributed by atoms with E-state index in [0.29, 0.717) is 42.9 Å². The fourth-order valence-corrected chi connectivity index (χ4v) is 8.16. The second kappa shape index (κ2) is 17.9. The molecule has 10 bridgehead atoms. The number of aromatic hydroxyl groups is 1. The fourth-order valence-electron chi connectivity index (χ4n) is 8.16. The third kappa shape index (κ3) is 11.2. The third-order valence-electron chi connectivity index (χ3n) is 12.0. The minimum Gasteiger partial charge on any atom is -0.507 e. The number of phenols is 1. The molecule has 4 aromatic rings. The first-order valence-corrected chi connectivity index (χ1v) is 22.1. The van der Waals surface area contributed by atoms with Crippen molar-refractivity contribution in [1.29, 1.82) is 0 Å². The van der Waals surface area contributed by atoms with Crippen LogP contribution in [0.4, 0.5) is 0 Å². The van der Waals surface area contributed by atoms with Crippen molar-refractivity contribution in [3.8, 4) is 23.0 Å². The molecule has 0 unspecified atom stereocenters. The summed E-state index contributed by atoms with van der Waals surface area (Å²) in [7, 11) is 1.34. The number of rotatable bonds is 3. The second-order valence-electron chi connectivity index (χ2n) is 21.4. The number of benzene rings is 4. The zero-order chi connectivity index (χ0) is 46.2. The highest BCUT2D eigenvalue weighted by molar-refractivity contribution is 5.79. The van der Waals surface area contributed by atoms with Crippen molar-refractivity contribution < 1.29 is 38.4 Å². The average molecular weight is 861 g/mol. The number of amides is 2. The Morgan fingerprint density at radius 3 is 1.16 bits per heavy atom. The maximum atomic E-state index is 13.5. The summed E-state index contributed by atoms with van der Waals surface area (Å²) in [4.78, 5) is 39.8. The summed E-state index contributed by atoms with van der Waals surface area (Å²) in [6.45, 7) is 25.5. The van der Waals surface area contributed by atoms with Gasteiger partial charge in [0.05, 0.1) is 7.11 Å². The van der Waals surface area contributed by atoms with Gasteiger partial charge in [-0.05, 0) is 88.4 Å². The zero-order valence-corrected chi connectivity index (χ0v) is 39.8. The largest absolute Gasteiger partial charge is 0.507 e. The highest BCUT2D eigenvalue weighted by Gasteiger charge is 2.30.